The quantitative estimate of drug-likeness (QED) is 0.0211. The molecule has 0 spiro atoms. The van der Waals surface area contributed by atoms with Crippen molar-refractivity contribution in [2.24, 2.45) is 10.2 Å². The van der Waals surface area contributed by atoms with Gasteiger partial charge in [-0.1, -0.05) is 63.8 Å². The van der Waals surface area contributed by atoms with Gasteiger partial charge in [-0.05, 0) is 94.5 Å². The minimum absolute atomic E-state index is 0.200. The van der Waals surface area contributed by atoms with E-state index in [9.17, 15) is 14.9 Å². The van der Waals surface area contributed by atoms with Crippen LogP contribution in [-0.2, 0) is 52.5 Å². The van der Waals surface area contributed by atoms with Crippen molar-refractivity contribution in [2.75, 3.05) is 70.8 Å². The zero-order valence-corrected chi connectivity index (χ0v) is 39.5. The van der Waals surface area contributed by atoms with Gasteiger partial charge in [0.15, 0.2) is 0 Å². The Kier molecular flexibility index (Phi) is 38.6. The van der Waals surface area contributed by atoms with Gasteiger partial charge in [0.25, 0.3) is 0 Å². The van der Waals surface area contributed by atoms with Crippen molar-refractivity contribution < 1.29 is 52.5 Å². The summed E-state index contributed by atoms with van der Waals surface area (Å²) in [5, 5.41) is 19.2. The molecule has 0 saturated carbocycles. The van der Waals surface area contributed by atoms with E-state index in [0.29, 0.717) is 92.4 Å². The number of esters is 2. The van der Waals surface area contributed by atoms with Crippen LogP contribution in [-0.4, -0.2) is 90.2 Å². The Morgan fingerprint density at radius 3 is 1.62 bits per heavy atom. The molecule has 0 bridgehead atoms. The number of hydrogen-bond donors (Lipinski definition) is 0. The first-order valence-corrected chi connectivity index (χ1v) is 23.0. The van der Waals surface area contributed by atoms with Gasteiger partial charge in [-0.25, -0.2) is 4.85 Å². The van der Waals surface area contributed by atoms with E-state index in [0.717, 1.165) is 61.1 Å². The number of carbonyl (C=O) groups is 2. The van der Waals surface area contributed by atoms with Crippen LogP contribution in [0.3, 0.4) is 0 Å². The van der Waals surface area contributed by atoms with Gasteiger partial charge in [-0.15, -0.1) is 21.6 Å². The van der Waals surface area contributed by atoms with Crippen molar-refractivity contribution in [2.45, 2.75) is 118 Å². The van der Waals surface area contributed by atoms with Crippen molar-refractivity contribution >= 4 is 57.0 Å². The Hall–Kier alpha value is -5.64. The van der Waals surface area contributed by atoms with Gasteiger partial charge in [-0.2, -0.15) is 24.4 Å². The summed E-state index contributed by atoms with van der Waals surface area (Å²) in [6.07, 6.45) is 22.9. The number of azo groups is 1. The first-order chi connectivity index (χ1) is 31.7. The smallest absolute Gasteiger partial charge is 0.373 e. The number of nitrogens with zero attached hydrogens (tertiary/aromatic N) is 5. The summed E-state index contributed by atoms with van der Waals surface area (Å²) < 4.78 is 28.0. The van der Waals surface area contributed by atoms with Gasteiger partial charge in [0.05, 0.1) is 57.5 Å². The number of anilines is 1. The van der Waals surface area contributed by atoms with Crippen LogP contribution in [0.25, 0.3) is 4.85 Å². The topological polar surface area (TPSA) is 205 Å². The van der Waals surface area contributed by atoms with E-state index in [2.05, 4.69) is 64.2 Å². The average molecular weight is 922 g/mol. The number of hydrogen-bond acceptors (Lipinski definition) is 16. The van der Waals surface area contributed by atoms with Crippen molar-refractivity contribution in [1.29, 1.82) is 5.26 Å². The molecule has 0 N–H and O–H groups in total. The van der Waals surface area contributed by atoms with E-state index in [1.807, 2.05) is 25.1 Å². The molecule has 0 radical (unpaired) electrons. The van der Waals surface area contributed by atoms with Gasteiger partial charge in [0, 0.05) is 31.6 Å². The van der Waals surface area contributed by atoms with Crippen molar-refractivity contribution in [3.8, 4) is 6.07 Å². The van der Waals surface area contributed by atoms with Crippen molar-refractivity contribution in [3.05, 3.63) is 70.6 Å². The minimum Gasteiger partial charge on any atom is -0.463 e. The monoisotopic (exact) mass is 921 g/mol. The van der Waals surface area contributed by atoms with E-state index < -0.39 is 0 Å². The molecule has 16 nitrogen and oxygen atoms in total. The lowest BCUT2D eigenvalue weighted by atomic mass is 10.1. The number of thiophene rings is 1. The Morgan fingerprint density at radius 2 is 1.17 bits per heavy atom. The SMILES string of the molecule is O=C=O.O=C=O.[C-]#[N+]c1sc(N=Nc2ccc(N(CCOCCOCCOC(=O)CCC/C=C/CCCCC)CCOCCOC(=O)CCC/C=C/CCCCC)cc2C)c(C#N)c1C. The van der Waals surface area contributed by atoms with Gasteiger partial charge in [0.2, 0.25) is 5.00 Å². The van der Waals surface area contributed by atoms with Crippen LogP contribution in [0.2, 0.25) is 0 Å². The van der Waals surface area contributed by atoms with Crippen LogP contribution >= 0.6 is 11.3 Å². The number of rotatable bonds is 34. The van der Waals surface area contributed by atoms with Gasteiger partial charge < -0.3 is 28.6 Å². The van der Waals surface area contributed by atoms with Crippen LogP contribution in [0, 0.1) is 31.8 Å². The fourth-order valence-electron chi connectivity index (χ4n) is 5.78. The zero-order valence-electron chi connectivity index (χ0n) is 38.6. The summed E-state index contributed by atoms with van der Waals surface area (Å²) in [5.74, 6) is -0.408. The molecule has 356 valence electrons. The molecule has 0 unspecified atom stereocenters. The second-order valence-corrected chi connectivity index (χ2v) is 15.2. The first kappa shape index (κ1) is 59.4. The molecule has 0 fully saturated rings. The average Bonchev–Trinajstić information content (AvgIpc) is 3.61. The maximum absolute atomic E-state index is 12.2. The fraction of sp³-hybridized carbons (Fsp3) is 0.583. The zero-order chi connectivity index (χ0) is 48.2. The predicted octanol–water partition coefficient (Wildman–Crippen LogP) is 10.6. The Labute approximate surface area is 388 Å². The highest BCUT2D eigenvalue weighted by Gasteiger charge is 2.15. The second-order valence-electron chi connectivity index (χ2n) is 14.3. The number of nitriles is 1. The summed E-state index contributed by atoms with van der Waals surface area (Å²) in [6, 6.07) is 7.98. The maximum atomic E-state index is 12.2. The van der Waals surface area contributed by atoms with Crippen LogP contribution in [0.1, 0.15) is 120 Å². The predicted molar refractivity (Wildman–Crippen MR) is 246 cm³/mol. The third kappa shape index (κ3) is 31.0. The molecule has 1 aromatic heterocycles. The summed E-state index contributed by atoms with van der Waals surface area (Å²) in [4.78, 5) is 62.3. The fourth-order valence-corrected chi connectivity index (χ4v) is 6.65. The third-order valence-corrected chi connectivity index (χ3v) is 10.3. The lowest BCUT2D eigenvalue weighted by Gasteiger charge is -2.25. The summed E-state index contributed by atoms with van der Waals surface area (Å²) in [5.41, 5.74) is 3.48. The highest BCUT2D eigenvalue weighted by Crippen LogP contribution is 2.41. The second kappa shape index (κ2) is 42.3. The number of benzene rings is 1. The largest absolute Gasteiger partial charge is 0.463 e. The van der Waals surface area contributed by atoms with Gasteiger partial charge in [0.1, 0.15) is 24.3 Å². The Bertz CT molecular complexity index is 1840. The molecule has 0 aliphatic carbocycles. The normalized spacial score (nSPS) is 10.6. The van der Waals surface area contributed by atoms with Gasteiger partial charge in [-0.3, -0.25) is 9.59 Å². The molecule has 0 amide bonds. The Balaban J connectivity index is 0.00000644. The molecule has 0 atom stereocenters. The van der Waals surface area contributed by atoms with Gasteiger partial charge >= 0.3 is 24.2 Å². The molecule has 1 aromatic carbocycles. The van der Waals surface area contributed by atoms with E-state index in [4.69, 9.17) is 49.4 Å². The number of ether oxygens (including phenoxy) is 5. The summed E-state index contributed by atoms with van der Waals surface area (Å²) >= 11 is 1.16. The third-order valence-electron chi connectivity index (χ3n) is 9.26. The first-order valence-electron chi connectivity index (χ1n) is 22.2. The molecule has 2 aromatic rings. The molecular weight excluding hydrogens is 855 g/mol. The molecular formula is C48H67N5O11S. The summed E-state index contributed by atoms with van der Waals surface area (Å²) in [6.45, 7) is 19.3. The van der Waals surface area contributed by atoms with Crippen LogP contribution < -0.4 is 4.90 Å². The molecule has 0 aliphatic rings. The maximum Gasteiger partial charge on any atom is 0.373 e. The molecule has 2 rings (SSSR count). The van der Waals surface area contributed by atoms with Crippen molar-refractivity contribution in [3.63, 3.8) is 0 Å². The van der Waals surface area contributed by atoms with Crippen LogP contribution in [0.4, 0.5) is 21.4 Å². The van der Waals surface area contributed by atoms with E-state index >= 15 is 0 Å². The van der Waals surface area contributed by atoms with E-state index in [1.165, 1.54) is 38.5 Å². The highest BCUT2D eigenvalue weighted by molar-refractivity contribution is 7.20. The Morgan fingerprint density at radius 1 is 0.708 bits per heavy atom. The molecule has 17 heteroatoms. The van der Waals surface area contributed by atoms with Crippen LogP contribution in [0.5, 0.6) is 0 Å². The molecule has 0 saturated heterocycles. The number of allylic oxidation sites excluding steroid dienone is 4. The number of unbranched alkanes of at least 4 members (excludes halogenated alkanes) is 8. The minimum atomic E-state index is -0.207. The van der Waals surface area contributed by atoms with E-state index in [1.54, 1.807) is 6.92 Å². The number of aryl methyl sites for hydroxylation is 1. The summed E-state index contributed by atoms with van der Waals surface area (Å²) in [7, 11) is 0. The van der Waals surface area contributed by atoms with Crippen molar-refractivity contribution in [1.82, 2.24) is 0 Å². The highest BCUT2D eigenvalue weighted by atomic mass is 32.1. The standard InChI is InChI=1S/C46H67N5O7S.2CO2/c1-6-8-10-12-14-16-18-20-22-43(52)57-34-32-55-29-27-51(26-28-54-30-31-56-33-35-58-44(53)23-21-19-17-15-13-11-9-7-2)40-24-25-42(38(3)36-40)49-50-46-41(37-47)39(4)45(48-5)59-46;2*2-1-3/h14-17,24-25,36H,6-13,18-23,26-35H2,1-4H3;;/b16-14+,17-15+,50-49?;;. The lowest BCUT2D eigenvalue weighted by Crippen LogP contribution is -2.31. The molecule has 65 heavy (non-hydrogen) atoms. The number of carbonyl (C=O) groups excluding carboxylic acids is 6. The van der Waals surface area contributed by atoms with E-state index in [-0.39, 0.29) is 37.5 Å². The lowest BCUT2D eigenvalue weighted by molar-refractivity contribution is -0.193. The molecule has 1 heterocycles. The molecule has 0 aliphatic heterocycles. The van der Waals surface area contributed by atoms with Crippen LogP contribution in [0.15, 0.2) is 52.7 Å².